The maximum Gasteiger partial charge on any atom is 0.0770 e. The molecule has 0 atom stereocenters. The van der Waals surface area contributed by atoms with Gasteiger partial charge in [-0.2, -0.15) is 0 Å². The second-order valence-corrected chi connectivity index (χ2v) is 4.47. The van der Waals surface area contributed by atoms with Crippen molar-refractivity contribution in [2.75, 3.05) is 19.6 Å². The van der Waals surface area contributed by atoms with Crippen molar-refractivity contribution in [3.05, 3.63) is 6.57 Å². The molecule has 0 bridgehead atoms. The number of nitrogens with one attached hydrogen (secondary N) is 1. The van der Waals surface area contributed by atoms with E-state index in [0.29, 0.717) is 0 Å². The summed E-state index contributed by atoms with van der Waals surface area (Å²) in [6.45, 7) is 11.4. The lowest BCUT2D eigenvalue weighted by atomic mass is 10.1. The molecule has 1 aliphatic heterocycles. The molecule has 0 aromatic rings. The summed E-state index contributed by atoms with van der Waals surface area (Å²) in [4.78, 5) is 1.88. The third-order valence-electron chi connectivity index (χ3n) is 3.19. The molecule has 15 heavy (non-hydrogen) atoms. The highest BCUT2D eigenvalue weighted by Gasteiger charge is 2.11. The van der Waals surface area contributed by atoms with E-state index in [1.165, 1.54) is 71.0 Å². The van der Waals surface area contributed by atoms with Gasteiger partial charge in [0.25, 0.3) is 0 Å². The van der Waals surface area contributed by atoms with E-state index in [1.807, 2.05) is 4.90 Å². The summed E-state index contributed by atoms with van der Waals surface area (Å²) in [5.74, 6) is 0. The Balaban J connectivity index is 0.000000921. The van der Waals surface area contributed by atoms with Crippen molar-refractivity contribution in [1.29, 1.82) is 5.26 Å². The van der Waals surface area contributed by atoms with Gasteiger partial charge in [-0.1, -0.05) is 26.2 Å². The molecule has 1 rings (SSSR count). The molecule has 0 aliphatic carbocycles. The summed E-state index contributed by atoms with van der Waals surface area (Å²) < 4.78 is 0. The van der Waals surface area contributed by atoms with Gasteiger partial charge in [0, 0.05) is 0 Å². The Morgan fingerprint density at radius 3 is 2.13 bits per heavy atom. The summed E-state index contributed by atoms with van der Waals surface area (Å²) >= 11 is 0. The fourth-order valence-electron chi connectivity index (χ4n) is 2.28. The second kappa shape index (κ2) is 11.5. The van der Waals surface area contributed by atoms with Crippen LogP contribution in [0.1, 0.15) is 58.3 Å². The van der Waals surface area contributed by atoms with Gasteiger partial charge in [0.15, 0.2) is 0 Å². The zero-order chi connectivity index (χ0) is 11.4. The van der Waals surface area contributed by atoms with Crippen LogP contribution in [0.15, 0.2) is 0 Å². The minimum Gasteiger partial charge on any atom is -0.512 e. The lowest BCUT2D eigenvalue weighted by molar-refractivity contribution is -0.905. The van der Waals surface area contributed by atoms with Crippen LogP contribution >= 0.6 is 0 Å². The molecule has 0 amide bonds. The summed E-state index contributed by atoms with van der Waals surface area (Å²) in [6.07, 6.45) is 11.6. The van der Waals surface area contributed by atoms with Gasteiger partial charge in [0.2, 0.25) is 0 Å². The van der Waals surface area contributed by atoms with E-state index >= 15 is 0 Å². The Labute approximate surface area is 95.3 Å². The monoisotopic (exact) mass is 210 g/mol. The van der Waals surface area contributed by atoms with Crippen LogP contribution in [0.3, 0.4) is 0 Å². The molecule has 88 valence electrons. The predicted octanol–water partition coefficient (Wildman–Crippen LogP) is 2.12. The lowest BCUT2D eigenvalue weighted by Crippen LogP contribution is -3.12. The topological polar surface area (TPSA) is 28.2 Å². The van der Waals surface area contributed by atoms with E-state index in [-0.39, 0.29) is 0 Å². The highest BCUT2D eigenvalue weighted by atomic mass is 15.1. The minimum atomic E-state index is 1.37. The summed E-state index contributed by atoms with van der Waals surface area (Å²) in [7, 11) is 0. The molecule has 2 nitrogen and oxygen atoms in total. The van der Waals surface area contributed by atoms with Crippen LogP contribution in [0, 0.1) is 11.8 Å². The third kappa shape index (κ3) is 8.44. The van der Waals surface area contributed by atoms with Crippen LogP contribution in [0.25, 0.3) is 0 Å². The van der Waals surface area contributed by atoms with Crippen LogP contribution in [-0.2, 0) is 0 Å². The van der Waals surface area contributed by atoms with Crippen LogP contribution in [0.4, 0.5) is 0 Å². The molecule has 1 saturated heterocycles. The molecule has 0 unspecified atom stereocenters. The normalized spacial score (nSPS) is 16.7. The van der Waals surface area contributed by atoms with Crippen LogP contribution in [0.5, 0.6) is 0 Å². The van der Waals surface area contributed by atoms with Gasteiger partial charge in [0.05, 0.1) is 19.6 Å². The summed E-state index contributed by atoms with van der Waals surface area (Å²) in [5.41, 5.74) is 0. The van der Waals surface area contributed by atoms with Crippen LogP contribution in [0.2, 0.25) is 0 Å². The maximum atomic E-state index is 6.25. The molecule has 1 fully saturated rings. The first kappa shape index (κ1) is 14.5. The van der Waals surface area contributed by atoms with Crippen molar-refractivity contribution in [2.45, 2.75) is 58.3 Å². The molecule has 1 heterocycles. The average molecular weight is 210 g/mol. The smallest absolute Gasteiger partial charge is 0.0770 e. The number of nitrogens with zero attached hydrogens (tertiary/aromatic N) is 1. The van der Waals surface area contributed by atoms with Gasteiger partial charge >= 0.3 is 0 Å². The van der Waals surface area contributed by atoms with Crippen molar-refractivity contribution in [3.8, 4) is 0 Å². The third-order valence-corrected chi connectivity index (χ3v) is 3.19. The van der Waals surface area contributed by atoms with E-state index < -0.39 is 0 Å². The zero-order valence-electron chi connectivity index (χ0n) is 10.2. The average Bonchev–Trinajstić information content (AvgIpc) is 2.33. The van der Waals surface area contributed by atoms with Gasteiger partial charge in [0.1, 0.15) is 0 Å². The Morgan fingerprint density at radius 2 is 1.53 bits per heavy atom. The molecule has 0 saturated carbocycles. The summed E-state index contributed by atoms with van der Waals surface area (Å²) in [6, 6.07) is 0. The van der Waals surface area contributed by atoms with Crippen LogP contribution in [-0.4, -0.2) is 19.6 Å². The second-order valence-electron chi connectivity index (χ2n) is 4.47. The van der Waals surface area contributed by atoms with Gasteiger partial charge < -0.3 is 16.7 Å². The van der Waals surface area contributed by atoms with Crippen molar-refractivity contribution in [2.24, 2.45) is 0 Å². The van der Waals surface area contributed by atoms with E-state index in [1.54, 1.807) is 0 Å². The molecular weight excluding hydrogens is 184 g/mol. The molecule has 0 aromatic carbocycles. The van der Waals surface area contributed by atoms with E-state index in [9.17, 15) is 0 Å². The van der Waals surface area contributed by atoms with Crippen molar-refractivity contribution < 1.29 is 4.90 Å². The number of hydrogen-bond acceptors (Lipinski definition) is 1. The first-order valence-corrected chi connectivity index (χ1v) is 6.49. The predicted molar refractivity (Wildman–Crippen MR) is 63.1 cm³/mol. The largest absolute Gasteiger partial charge is 0.512 e. The number of piperidine rings is 1. The van der Waals surface area contributed by atoms with E-state index in [4.69, 9.17) is 11.8 Å². The summed E-state index contributed by atoms with van der Waals surface area (Å²) in [5, 5.41) is 6.25. The van der Waals surface area contributed by atoms with Crippen molar-refractivity contribution in [3.63, 3.8) is 0 Å². The fourth-order valence-corrected chi connectivity index (χ4v) is 2.28. The highest BCUT2D eigenvalue weighted by Crippen LogP contribution is 2.01. The van der Waals surface area contributed by atoms with Gasteiger partial charge in [-0.3, -0.25) is 0 Å². The van der Waals surface area contributed by atoms with Crippen molar-refractivity contribution in [1.82, 2.24) is 0 Å². The van der Waals surface area contributed by atoms with E-state index in [0.717, 1.165) is 0 Å². The van der Waals surface area contributed by atoms with Crippen molar-refractivity contribution >= 4 is 0 Å². The Hall–Kier alpha value is -0.550. The van der Waals surface area contributed by atoms with Gasteiger partial charge in [-0.25, -0.2) is 0 Å². The number of quaternary nitrogens is 1. The number of rotatable bonds is 6. The number of hydrogen-bond donors (Lipinski definition) is 1. The Kier molecular flexibility index (Phi) is 11.1. The molecule has 0 spiro atoms. The standard InChI is InChI=1S/C12H25N.CN/c1-2-3-4-5-7-10-13-11-8-6-9-12-13;1-2/h2-12H2,1H3;/q;-1/p+1. The van der Waals surface area contributed by atoms with E-state index in [2.05, 4.69) is 6.92 Å². The number of likely N-dealkylation sites (tertiary alicyclic amines) is 1. The first-order valence-electron chi connectivity index (χ1n) is 6.49. The van der Waals surface area contributed by atoms with Gasteiger partial charge in [-0.15, -0.1) is 0 Å². The quantitative estimate of drug-likeness (QED) is 0.528. The molecule has 0 aromatic heterocycles. The molecule has 1 aliphatic rings. The Bertz CT molecular complexity index is 137. The fraction of sp³-hybridized carbons (Fsp3) is 0.923. The molecule has 0 radical (unpaired) electrons. The minimum absolute atomic E-state index is 1.37. The van der Waals surface area contributed by atoms with Gasteiger partial charge in [-0.05, 0) is 32.1 Å². The lowest BCUT2D eigenvalue weighted by Gasteiger charge is -2.23. The maximum absolute atomic E-state index is 6.25. The number of unbranched alkanes of at least 4 members (excludes halogenated alkanes) is 4. The highest BCUT2D eigenvalue weighted by molar-refractivity contribution is 4.47. The molecular formula is C13H26N2. The van der Waals surface area contributed by atoms with Crippen LogP contribution < -0.4 is 4.90 Å². The first-order chi connectivity index (χ1) is 7.43. The zero-order valence-corrected chi connectivity index (χ0v) is 10.2. The molecule has 2 heteroatoms. The SMILES string of the molecule is CCCCCCC[NH+]1CCCCC1.[C-]#N. The molecule has 1 N–H and O–H groups in total. The Morgan fingerprint density at radius 1 is 0.933 bits per heavy atom.